The average Bonchev–Trinajstić information content (AvgIpc) is 2.74. The van der Waals surface area contributed by atoms with Crippen molar-refractivity contribution >= 4 is 11.8 Å². The van der Waals surface area contributed by atoms with E-state index in [1.54, 1.807) is 0 Å². The second-order valence-electron chi connectivity index (χ2n) is 4.44. The predicted molar refractivity (Wildman–Crippen MR) is 57.7 cm³/mol. The van der Waals surface area contributed by atoms with E-state index in [9.17, 15) is 9.59 Å². The van der Waals surface area contributed by atoms with Crippen molar-refractivity contribution in [1.29, 1.82) is 0 Å². The van der Waals surface area contributed by atoms with Gasteiger partial charge in [-0.2, -0.15) is 0 Å². The van der Waals surface area contributed by atoms with Gasteiger partial charge in [0.1, 0.15) is 0 Å². The fraction of sp³-hybridized carbons (Fsp3) is 0.818. The fourth-order valence-corrected chi connectivity index (χ4v) is 2.12. The molecule has 2 N–H and O–H groups in total. The molecule has 2 aliphatic heterocycles. The molecule has 0 aromatic rings. The minimum atomic E-state index is -0.198. The molecule has 2 aliphatic rings. The maximum absolute atomic E-state index is 11.7. The summed E-state index contributed by atoms with van der Waals surface area (Å²) in [5.41, 5.74) is 0. The molecule has 0 saturated carbocycles. The third-order valence-electron chi connectivity index (χ3n) is 3.13. The van der Waals surface area contributed by atoms with Crippen LogP contribution < -0.4 is 10.6 Å². The van der Waals surface area contributed by atoms with Crippen molar-refractivity contribution in [2.45, 2.75) is 31.8 Å². The van der Waals surface area contributed by atoms with Crippen LogP contribution in [0.15, 0.2) is 0 Å². The molecule has 0 radical (unpaired) electrons. The van der Waals surface area contributed by atoms with E-state index >= 15 is 0 Å². The number of carbonyl (C=O) groups is 2. The van der Waals surface area contributed by atoms with Crippen molar-refractivity contribution in [2.24, 2.45) is 5.92 Å². The molecule has 2 amide bonds. The summed E-state index contributed by atoms with van der Waals surface area (Å²) in [6.07, 6.45) is 3.78. The van der Waals surface area contributed by atoms with Crippen LogP contribution in [0.1, 0.15) is 25.7 Å². The van der Waals surface area contributed by atoms with Gasteiger partial charge in [0.25, 0.3) is 0 Å². The van der Waals surface area contributed by atoms with Gasteiger partial charge in [0, 0.05) is 26.1 Å². The van der Waals surface area contributed by atoms with E-state index < -0.39 is 0 Å². The number of hydrogen-bond acceptors (Lipinski definition) is 3. The Morgan fingerprint density at radius 2 is 2.38 bits per heavy atom. The molecular weight excluding hydrogens is 208 g/mol. The molecule has 2 heterocycles. The minimum absolute atomic E-state index is 0.0333. The SMILES string of the molecule is O=C1CC(C(=O)NCC2CCCCO2)CN1. The van der Waals surface area contributed by atoms with E-state index in [4.69, 9.17) is 4.74 Å². The highest BCUT2D eigenvalue weighted by atomic mass is 16.5. The van der Waals surface area contributed by atoms with Crippen molar-refractivity contribution in [3.63, 3.8) is 0 Å². The van der Waals surface area contributed by atoms with Gasteiger partial charge in [-0.05, 0) is 19.3 Å². The predicted octanol–water partition coefficient (Wildman–Crippen LogP) is -0.192. The van der Waals surface area contributed by atoms with Gasteiger partial charge in [-0.25, -0.2) is 0 Å². The number of hydrogen-bond donors (Lipinski definition) is 2. The summed E-state index contributed by atoms with van der Waals surface area (Å²) in [7, 11) is 0. The number of carbonyl (C=O) groups excluding carboxylic acids is 2. The van der Waals surface area contributed by atoms with Crippen LogP contribution in [0, 0.1) is 5.92 Å². The first-order chi connectivity index (χ1) is 7.75. The van der Waals surface area contributed by atoms with Gasteiger partial charge in [-0.3, -0.25) is 9.59 Å². The summed E-state index contributed by atoms with van der Waals surface area (Å²) in [5, 5.41) is 5.52. The molecule has 2 fully saturated rings. The molecule has 90 valence electrons. The Morgan fingerprint density at radius 1 is 1.50 bits per heavy atom. The zero-order valence-electron chi connectivity index (χ0n) is 9.33. The zero-order chi connectivity index (χ0) is 11.4. The van der Waals surface area contributed by atoms with E-state index in [2.05, 4.69) is 10.6 Å². The summed E-state index contributed by atoms with van der Waals surface area (Å²) in [6, 6.07) is 0. The minimum Gasteiger partial charge on any atom is -0.376 e. The van der Waals surface area contributed by atoms with Gasteiger partial charge in [-0.15, -0.1) is 0 Å². The summed E-state index contributed by atoms with van der Waals surface area (Å²) in [5.74, 6) is -0.266. The molecule has 2 unspecified atom stereocenters. The van der Waals surface area contributed by atoms with Gasteiger partial charge < -0.3 is 15.4 Å². The Kier molecular flexibility index (Phi) is 3.77. The lowest BCUT2D eigenvalue weighted by Crippen LogP contribution is -2.39. The Bertz CT molecular complexity index is 274. The molecule has 0 aromatic carbocycles. The topological polar surface area (TPSA) is 67.4 Å². The van der Waals surface area contributed by atoms with Gasteiger partial charge in [0.2, 0.25) is 11.8 Å². The Hall–Kier alpha value is -1.10. The summed E-state index contributed by atoms with van der Waals surface area (Å²) < 4.78 is 5.51. The maximum Gasteiger partial charge on any atom is 0.225 e. The van der Waals surface area contributed by atoms with Crippen LogP contribution >= 0.6 is 0 Å². The highest BCUT2D eigenvalue weighted by molar-refractivity contribution is 5.89. The molecular formula is C11H18N2O3. The molecule has 0 aliphatic carbocycles. The first kappa shape index (κ1) is 11.4. The second kappa shape index (κ2) is 5.30. The second-order valence-corrected chi connectivity index (χ2v) is 4.44. The lowest BCUT2D eigenvalue weighted by Gasteiger charge is -2.23. The van der Waals surface area contributed by atoms with E-state index in [1.165, 1.54) is 6.42 Å². The summed E-state index contributed by atoms with van der Waals surface area (Å²) in [6.45, 7) is 1.84. The summed E-state index contributed by atoms with van der Waals surface area (Å²) in [4.78, 5) is 22.6. The number of rotatable bonds is 3. The molecule has 2 saturated heterocycles. The van der Waals surface area contributed by atoms with Crippen molar-refractivity contribution in [3.8, 4) is 0 Å². The van der Waals surface area contributed by atoms with Crippen LogP contribution in [0.2, 0.25) is 0 Å². The third-order valence-corrected chi connectivity index (χ3v) is 3.13. The van der Waals surface area contributed by atoms with E-state index in [-0.39, 0.29) is 23.8 Å². The first-order valence-electron chi connectivity index (χ1n) is 5.91. The first-order valence-corrected chi connectivity index (χ1v) is 5.91. The molecule has 5 nitrogen and oxygen atoms in total. The highest BCUT2D eigenvalue weighted by Crippen LogP contribution is 2.13. The fourth-order valence-electron chi connectivity index (χ4n) is 2.12. The molecule has 0 aromatic heterocycles. The van der Waals surface area contributed by atoms with Crippen molar-refractivity contribution in [3.05, 3.63) is 0 Å². The van der Waals surface area contributed by atoms with Crippen molar-refractivity contribution in [1.82, 2.24) is 10.6 Å². The lowest BCUT2D eigenvalue weighted by atomic mass is 10.1. The number of amides is 2. The van der Waals surface area contributed by atoms with Crippen LogP contribution in [-0.4, -0.2) is 37.6 Å². The molecule has 2 rings (SSSR count). The van der Waals surface area contributed by atoms with Gasteiger partial charge in [0.05, 0.1) is 12.0 Å². The standard InChI is InChI=1S/C11H18N2O3/c14-10-5-8(6-12-10)11(15)13-7-9-3-1-2-4-16-9/h8-9H,1-7H2,(H,12,14)(H,13,15). The van der Waals surface area contributed by atoms with Gasteiger partial charge in [-0.1, -0.05) is 0 Å². The van der Waals surface area contributed by atoms with Crippen LogP contribution in [0.3, 0.4) is 0 Å². The Labute approximate surface area is 94.9 Å². The quantitative estimate of drug-likeness (QED) is 0.701. The molecule has 5 heteroatoms. The van der Waals surface area contributed by atoms with E-state index in [0.717, 1.165) is 19.4 Å². The van der Waals surface area contributed by atoms with Crippen LogP contribution in [0.5, 0.6) is 0 Å². The smallest absolute Gasteiger partial charge is 0.225 e. The van der Waals surface area contributed by atoms with E-state index in [0.29, 0.717) is 19.5 Å². The molecule has 16 heavy (non-hydrogen) atoms. The zero-order valence-corrected chi connectivity index (χ0v) is 9.33. The molecule has 0 spiro atoms. The number of ether oxygens (including phenoxy) is 1. The molecule has 2 atom stereocenters. The van der Waals surface area contributed by atoms with Crippen molar-refractivity contribution < 1.29 is 14.3 Å². The largest absolute Gasteiger partial charge is 0.376 e. The third kappa shape index (κ3) is 2.95. The maximum atomic E-state index is 11.7. The van der Waals surface area contributed by atoms with Crippen LogP contribution in [-0.2, 0) is 14.3 Å². The summed E-state index contributed by atoms with van der Waals surface area (Å²) >= 11 is 0. The monoisotopic (exact) mass is 226 g/mol. The van der Waals surface area contributed by atoms with Gasteiger partial charge >= 0.3 is 0 Å². The normalized spacial score (nSPS) is 29.9. The van der Waals surface area contributed by atoms with Crippen LogP contribution in [0.4, 0.5) is 0 Å². The average molecular weight is 226 g/mol. The van der Waals surface area contributed by atoms with Gasteiger partial charge in [0.15, 0.2) is 0 Å². The molecule has 0 bridgehead atoms. The number of nitrogens with one attached hydrogen (secondary N) is 2. The van der Waals surface area contributed by atoms with Crippen LogP contribution in [0.25, 0.3) is 0 Å². The highest BCUT2D eigenvalue weighted by Gasteiger charge is 2.28. The Balaban J connectivity index is 1.68. The van der Waals surface area contributed by atoms with E-state index in [1.807, 2.05) is 0 Å². The lowest BCUT2D eigenvalue weighted by molar-refractivity contribution is -0.127. The Morgan fingerprint density at radius 3 is 3.00 bits per heavy atom. The van der Waals surface area contributed by atoms with Crippen molar-refractivity contribution in [2.75, 3.05) is 19.7 Å².